The number of nitrogen functional groups attached to an aromatic ring is 1. The summed E-state index contributed by atoms with van der Waals surface area (Å²) in [5.41, 5.74) is 8.57. The lowest BCUT2D eigenvalue weighted by atomic mass is 10.0. The molecule has 0 aliphatic carbocycles. The molecule has 0 radical (unpaired) electrons. The van der Waals surface area contributed by atoms with Crippen LogP contribution in [-0.4, -0.2) is 39.3 Å². The molecule has 0 saturated carbocycles. The quantitative estimate of drug-likeness (QED) is 0.830. The molecule has 0 fully saturated rings. The summed E-state index contributed by atoms with van der Waals surface area (Å²) in [6, 6.07) is 13.7. The number of anilines is 1. The molecule has 0 aliphatic rings. The normalized spacial score (nSPS) is 10.7. The first-order valence-corrected chi connectivity index (χ1v) is 6.91. The fourth-order valence-corrected chi connectivity index (χ4v) is 2.02. The number of ether oxygens (including phenoxy) is 2. The lowest BCUT2D eigenvalue weighted by Gasteiger charge is -2.12. The van der Waals surface area contributed by atoms with Gasteiger partial charge in [-0.2, -0.15) is 0 Å². The lowest BCUT2D eigenvalue weighted by Crippen LogP contribution is -2.19. The minimum absolute atomic E-state index is 0.678. The van der Waals surface area contributed by atoms with Gasteiger partial charge in [0.25, 0.3) is 0 Å². The molecule has 0 saturated heterocycles. The van der Waals surface area contributed by atoms with Crippen molar-refractivity contribution in [2.45, 2.75) is 0 Å². The summed E-state index contributed by atoms with van der Waals surface area (Å²) in [6.45, 7) is 1.57. The Balaban J connectivity index is 2.12. The third kappa shape index (κ3) is 4.13. The van der Waals surface area contributed by atoms with Gasteiger partial charge in [0, 0.05) is 23.9 Å². The molecular formula is C17H22N2O2. The van der Waals surface area contributed by atoms with Crippen molar-refractivity contribution in [1.29, 1.82) is 0 Å². The van der Waals surface area contributed by atoms with E-state index in [1.165, 1.54) is 0 Å². The minimum Gasteiger partial charge on any atom is -0.496 e. The van der Waals surface area contributed by atoms with Gasteiger partial charge in [0.05, 0.1) is 7.11 Å². The van der Waals surface area contributed by atoms with Gasteiger partial charge in [0.1, 0.15) is 18.1 Å². The van der Waals surface area contributed by atoms with Crippen molar-refractivity contribution in [2.24, 2.45) is 0 Å². The molecule has 0 spiro atoms. The molecule has 4 nitrogen and oxygen atoms in total. The third-order valence-electron chi connectivity index (χ3n) is 3.20. The van der Waals surface area contributed by atoms with Crippen LogP contribution in [0.2, 0.25) is 0 Å². The minimum atomic E-state index is 0.678. The van der Waals surface area contributed by atoms with E-state index in [1.54, 1.807) is 7.11 Å². The van der Waals surface area contributed by atoms with E-state index in [4.69, 9.17) is 15.2 Å². The third-order valence-corrected chi connectivity index (χ3v) is 3.20. The maximum absolute atomic E-state index is 5.78. The highest BCUT2D eigenvalue weighted by Crippen LogP contribution is 2.32. The van der Waals surface area contributed by atoms with Crippen LogP contribution in [0.3, 0.4) is 0 Å². The van der Waals surface area contributed by atoms with E-state index in [2.05, 4.69) is 4.90 Å². The Labute approximate surface area is 126 Å². The predicted octanol–water partition coefficient (Wildman–Crippen LogP) is 2.88. The van der Waals surface area contributed by atoms with Crippen molar-refractivity contribution < 1.29 is 9.47 Å². The van der Waals surface area contributed by atoms with E-state index in [9.17, 15) is 0 Å². The zero-order valence-electron chi connectivity index (χ0n) is 12.8. The highest BCUT2D eigenvalue weighted by molar-refractivity contribution is 5.73. The molecule has 2 rings (SSSR count). The van der Waals surface area contributed by atoms with E-state index < -0.39 is 0 Å². The fourth-order valence-electron chi connectivity index (χ4n) is 2.02. The Hall–Kier alpha value is -2.20. The zero-order valence-corrected chi connectivity index (χ0v) is 12.8. The predicted molar refractivity (Wildman–Crippen MR) is 86.9 cm³/mol. The summed E-state index contributed by atoms with van der Waals surface area (Å²) in [5.74, 6) is 1.64. The fraction of sp³-hybridized carbons (Fsp3) is 0.294. The number of rotatable bonds is 6. The van der Waals surface area contributed by atoms with Crippen molar-refractivity contribution in [3.8, 4) is 22.6 Å². The van der Waals surface area contributed by atoms with Crippen molar-refractivity contribution in [3.05, 3.63) is 42.5 Å². The Kier molecular flexibility index (Phi) is 5.06. The molecule has 0 aromatic heterocycles. The van der Waals surface area contributed by atoms with Crippen molar-refractivity contribution in [3.63, 3.8) is 0 Å². The number of nitrogens with two attached hydrogens (primary N) is 1. The van der Waals surface area contributed by atoms with Crippen LogP contribution in [0.4, 0.5) is 5.69 Å². The van der Waals surface area contributed by atoms with Crippen LogP contribution in [0.25, 0.3) is 11.1 Å². The van der Waals surface area contributed by atoms with Gasteiger partial charge in [0.2, 0.25) is 0 Å². The van der Waals surface area contributed by atoms with Gasteiger partial charge in [-0.3, -0.25) is 0 Å². The number of benzene rings is 2. The molecule has 0 aliphatic heterocycles. The summed E-state index contributed by atoms with van der Waals surface area (Å²) in [7, 11) is 5.71. The first-order valence-electron chi connectivity index (χ1n) is 6.91. The molecule has 0 unspecified atom stereocenters. The summed E-state index contributed by atoms with van der Waals surface area (Å²) in [6.07, 6.45) is 0. The SMILES string of the molecule is COc1cc(N)ccc1-c1ccc(OCCN(C)C)cc1. The molecule has 21 heavy (non-hydrogen) atoms. The number of methoxy groups -OCH3 is 1. The number of nitrogens with zero attached hydrogens (tertiary/aromatic N) is 1. The van der Waals surface area contributed by atoms with Crippen LogP contribution in [0.15, 0.2) is 42.5 Å². The van der Waals surface area contributed by atoms with Gasteiger partial charge in [0.15, 0.2) is 0 Å². The molecule has 0 heterocycles. The smallest absolute Gasteiger partial charge is 0.128 e. The van der Waals surface area contributed by atoms with E-state index in [-0.39, 0.29) is 0 Å². The van der Waals surface area contributed by atoms with Gasteiger partial charge >= 0.3 is 0 Å². The Bertz CT molecular complexity index is 580. The summed E-state index contributed by atoms with van der Waals surface area (Å²) >= 11 is 0. The Morgan fingerprint density at radius 2 is 1.76 bits per heavy atom. The van der Waals surface area contributed by atoms with Crippen LogP contribution in [-0.2, 0) is 0 Å². The molecule has 4 heteroatoms. The van der Waals surface area contributed by atoms with Crippen molar-refractivity contribution in [2.75, 3.05) is 40.1 Å². The van der Waals surface area contributed by atoms with Crippen LogP contribution in [0, 0.1) is 0 Å². The van der Waals surface area contributed by atoms with Gasteiger partial charge in [-0.15, -0.1) is 0 Å². The van der Waals surface area contributed by atoms with Crippen LogP contribution in [0.5, 0.6) is 11.5 Å². The second-order valence-electron chi connectivity index (χ2n) is 5.14. The highest BCUT2D eigenvalue weighted by atomic mass is 16.5. The second kappa shape index (κ2) is 6.99. The molecular weight excluding hydrogens is 264 g/mol. The van der Waals surface area contributed by atoms with Gasteiger partial charge in [-0.05, 0) is 43.9 Å². The van der Waals surface area contributed by atoms with E-state index in [0.717, 1.165) is 29.2 Å². The zero-order chi connectivity index (χ0) is 15.2. The summed E-state index contributed by atoms with van der Waals surface area (Å²) in [4.78, 5) is 2.09. The standard InChI is InChI=1S/C17H22N2O2/c1-19(2)10-11-21-15-7-4-13(5-8-15)16-9-6-14(18)12-17(16)20-3/h4-9,12H,10-11,18H2,1-3H3. The monoisotopic (exact) mass is 286 g/mol. The second-order valence-corrected chi connectivity index (χ2v) is 5.14. The van der Waals surface area contributed by atoms with Crippen molar-refractivity contribution >= 4 is 5.69 Å². The maximum atomic E-state index is 5.78. The molecule has 0 bridgehead atoms. The van der Waals surface area contributed by atoms with Gasteiger partial charge < -0.3 is 20.1 Å². The molecule has 2 aromatic carbocycles. The molecule has 2 N–H and O–H groups in total. The van der Waals surface area contributed by atoms with E-state index in [0.29, 0.717) is 12.3 Å². The summed E-state index contributed by atoms with van der Waals surface area (Å²) < 4.78 is 11.1. The van der Waals surface area contributed by atoms with Crippen molar-refractivity contribution in [1.82, 2.24) is 4.90 Å². The van der Waals surface area contributed by atoms with Crippen LogP contribution >= 0.6 is 0 Å². The van der Waals surface area contributed by atoms with E-state index in [1.807, 2.05) is 56.6 Å². The molecule has 112 valence electrons. The maximum Gasteiger partial charge on any atom is 0.128 e. The number of hydrogen-bond acceptors (Lipinski definition) is 4. The molecule has 0 amide bonds. The molecule has 2 aromatic rings. The molecule has 0 atom stereocenters. The topological polar surface area (TPSA) is 47.7 Å². The Morgan fingerprint density at radius 1 is 1.05 bits per heavy atom. The Morgan fingerprint density at radius 3 is 2.38 bits per heavy atom. The number of likely N-dealkylation sites (N-methyl/N-ethyl adjacent to an activating group) is 1. The number of hydrogen-bond donors (Lipinski definition) is 1. The highest BCUT2D eigenvalue weighted by Gasteiger charge is 2.06. The summed E-state index contributed by atoms with van der Waals surface area (Å²) in [5, 5.41) is 0. The van der Waals surface area contributed by atoms with Crippen LogP contribution < -0.4 is 15.2 Å². The van der Waals surface area contributed by atoms with Crippen LogP contribution in [0.1, 0.15) is 0 Å². The lowest BCUT2D eigenvalue weighted by molar-refractivity contribution is 0.261. The average molecular weight is 286 g/mol. The van der Waals surface area contributed by atoms with Gasteiger partial charge in [-0.25, -0.2) is 0 Å². The van der Waals surface area contributed by atoms with Gasteiger partial charge in [-0.1, -0.05) is 12.1 Å². The first kappa shape index (κ1) is 15.2. The largest absolute Gasteiger partial charge is 0.496 e. The van der Waals surface area contributed by atoms with E-state index >= 15 is 0 Å². The first-order chi connectivity index (χ1) is 10.1. The average Bonchev–Trinajstić information content (AvgIpc) is 2.47.